The molecule has 0 radical (unpaired) electrons. The number of carbonyl (C=O) groups excluding carboxylic acids is 2. The summed E-state index contributed by atoms with van der Waals surface area (Å²) in [5.41, 5.74) is 0.154. The Kier molecular flexibility index (Phi) is 4.68. The molecule has 0 spiro atoms. The van der Waals surface area contributed by atoms with E-state index in [0.717, 1.165) is 9.18 Å². The van der Waals surface area contributed by atoms with Gasteiger partial charge in [0.25, 0.3) is 15.9 Å². The average molecular weight is 365 g/mol. The molecule has 2 heterocycles. The van der Waals surface area contributed by atoms with Gasteiger partial charge in [-0.2, -0.15) is 0 Å². The molecule has 3 rings (SSSR count). The van der Waals surface area contributed by atoms with E-state index in [0.29, 0.717) is 6.42 Å². The summed E-state index contributed by atoms with van der Waals surface area (Å²) in [6, 6.07) is 9.90. The molecule has 1 aromatic heterocycles. The van der Waals surface area contributed by atoms with E-state index in [1.165, 1.54) is 12.1 Å². The van der Waals surface area contributed by atoms with Crippen LogP contribution in [0.1, 0.15) is 21.7 Å². The normalized spacial score (nSPS) is 15.3. The largest absolute Gasteiger partial charge is 0.464 e. The van der Waals surface area contributed by atoms with E-state index >= 15 is 0 Å². The van der Waals surface area contributed by atoms with Crippen molar-refractivity contribution in [2.75, 3.05) is 13.2 Å². The highest BCUT2D eigenvalue weighted by Gasteiger charge is 2.40. The van der Waals surface area contributed by atoms with E-state index in [2.05, 4.69) is 0 Å². The first-order valence-electron chi connectivity index (χ1n) is 7.34. The Morgan fingerprint density at radius 3 is 2.67 bits per heavy atom. The smallest absolute Gasteiger partial charge is 0.306 e. The summed E-state index contributed by atoms with van der Waals surface area (Å²) >= 11 is 1.56. The fourth-order valence-electron chi connectivity index (χ4n) is 2.45. The highest BCUT2D eigenvalue weighted by Crippen LogP contribution is 2.29. The van der Waals surface area contributed by atoms with Crippen molar-refractivity contribution < 1.29 is 22.7 Å². The molecule has 1 amide bonds. The van der Waals surface area contributed by atoms with Gasteiger partial charge in [-0.05, 0) is 30.0 Å². The number of thiophene rings is 1. The van der Waals surface area contributed by atoms with Crippen LogP contribution < -0.4 is 0 Å². The van der Waals surface area contributed by atoms with E-state index in [1.54, 1.807) is 23.5 Å². The van der Waals surface area contributed by atoms with E-state index in [9.17, 15) is 18.0 Å². The fourth-order valence-corrected chi connectivity index (χ4v) is 4.71. The number of rotatable bonds is 6. The van der Waals surface area contributed by atoms with Gasteiger partial charge in [-0.1, -0.05) is 18.2 Å². The summed E-state index contributed by atoms with van der Waals surface area (Å²) in [6.07, 6.45) is 0.810. The Morgan fingerprint density at radius 1 is 1.17 bits per heavy atom. The van der Waals surface area contributed by atoms with Crippen LogP contribution in [0.5, 0.6) is 0 Å². The molecule has 0 saturated carbocycles. The fraction of sp³-hybridized carbons (Fsp3) is 0.250. The van der Waals surface area contributed by atoms with Gasteiger partial charge in [0.15, 0.2) is 0 Å². The van der Waals surface area contributed by atoms with Gasteiger partial charge in [-0.3, -0.25) is 9.59 Å². The van der Waals surface area contributed by atoms with Gasteiger partial charge in [0.05, 0.1) is 18.5 Å². The third-order valence-corrected chi connectivity index (χ3v) is 6.40. The zero-order valence-corrected chi connectivity index (χ0v) is 14.3. The molecule has 2 aromatic rings. The molecule has 6 nitrogen and oxygen atoms in total. The summed E-state index contributed by atoms with van der Waals surface area (Å²) in [4.78, 5) is 25.0. The maximum absolute atomic E-state index is 12.3. The third kappa shape index (κ3) is 3.20. The predicted octanol–water partition coefficient (Wildman–Crippen LogP) is 2.07. The van der Waals surface area contributed by atoms with Crippen molar-refractivity contribution in [3.05, 3.63) is 52.2 Å². The number of benzene rings is 1. The van der Waals surface area contributed by atoms with Crippen molar-refractivity contribution in [1.82, 2.24) is 4.31 Å². The number of fused-ring (bicyclic) bond motifs is 1. The second-order valence-electron chi connectivity index (χ2n) is 5.18. The molecule has 0 fully saturated rings. The number of hydrogen-bond acceptors (Lipinski definition) is 6. The highest BCUT2D eigenvalue weighted by atomic mass is 32.2. The van der Waals surface area contributed by atoms with E-state index in [4.69, 9.17) is 4.74 Å². The van der Waals surface area contributed by atoms with Crippen molar-refractivity contribution in [2.24, 2.45) is 0 Å². The molecule has 24 heavy (non-hydrogen) atoms. The van der Waals surface area contributed by atoms with Crippen LogP contribution in [0.4, 0.5) is 0 Å². The van der Waals surface area contributed by atoms with E-state index < -0.39 is 21.9 Å². The summed E-state index contributed by atoms with van der Waals surface area (Å²) in [6.45, 7) is -0.331. The van der Waals surface area contributed by atoms with Crippen LogP contribution in [0, 0.1) is 0 Å². The van der Waals surface area contributed by atoms with Crippen LogP contribution in [0.25, 0.3) is 0 Å². The number of esters is 1. The number of ether oxygens (including phenoxy) is 1. The quantitative estimate of drug-likeness (QED) is 0.732. The lowest BCUT2D eigenvalue weighted by molar-refractivity contribution is -0.143. The molecule has 1 aromatic carbocycles. The Labute approximate surface area is 143 Å². The first-order chi connectivity index (χ1) is 11.5. The van der Waals surface area contributed by atoms with Gasteiger partial charge in [-0.15, -0.1) is 11.3 Å². The lowest BCUT2D eigenvalue weighted by atomic mass is 10.2. The number of sulfonamides is 1. The Balaban J connectivity index is 1.54. The summed E-state index contributed by atoms with van der Waals surface area (Å²) < 4.78 is 30.4. The first-order valence-corrected chi connectivity index (χ1v) is 9.66. The first kappa shape index (κ1) is 16.7. The van der Waals surface area contributed by atoms with Gasteiger partial charge in [-0.25, -0.2) is 12.7 Å². The number of amides is 1. The highest BCUT2D eigenvalue weighted by molar-refractivity contribution is 7.90. The lowest BCUT2D eigenvalue weighted by Gasteiger charge is -2.14. The van der Waals surface area contributed by atoms with Gasteiger partial charge in [0, 0.05) is 4.88 Å². The lowest BCUT2D eigenvalue weighted by Crippen LogP contribution is -2.33. The van der Waals surface area contributed by atoms with Crippen molar-refractivity contribution in [3.8, 4) is 0 Å². The van der Waals surface area contributed by atoms with Crippen LogP contribution in [0.2, 0.25) is 0 Å². The van der Waals surface area contributed by atoms with Crippen LogP contribution in [0.15, 0.2) is 46.7 Å². The van der Waals surface area contributed by atoms with Crippen LogP contribution >= 0.6 is 11.3 Å². The van der Waals surface area contributed by atoms with Crippen LogP contribution in [0.3, 0.4) is 0 Å². The van der Waals surface area contributed by atoms with Crippen molar-refractivity contribution in [2.45, 2.75) is 17.7 Å². The van der Waals surface area contributed by atoms with Crippen LogP contribution in [-0.4, -0.2) is 37.8 Å². The number of nitrogens with zero attached hydrogens (tertiary/aromatic N) is 1. The predicted molar refractivity (Wildman–Crippen MR) is 88.3 cm³/mol. The minimum Gasteiger partial charge on any atom is -0.464 e. The molecule has 0 saturated heterocycles. The molecule has 0 atom stereocenters. The Morgan fingerprint density at radius 2 is 1.96 bits per heavy atom. The molecule has 0 bridgehead atoms. The zero-order valence-electron chi connectivity index (χ0n) is 12.7. The SMILES string of the molecule is O=C(CCc1cccs1)OCCN1C(=O)c2ccccc2S1(=O)=O. The summed E-state index contributed by atoms with van der Waals surface area (Å²) in [5.74, 6) is -0.995. The Hall–Kier alpha value is -2.19. The van der Waals surface area contributed by atoms with Crippen molar-refractivity contribution in [3.63, 3.8) is 0 Å². The molecule has 1 aliphatic rings. The molecule has 0 aliphatic carbocycles. The van der Waals surface area contributed by atoms with Gasteiger partial charge >= 0.3 is 5.97 Å². The summed E-state index contributed by atoms with van der Waals surface area (Å²) in [5, 5.41) is 1.93. The molecule has 0 unspecified atom stereocenters. The van der Waals surface area contributed by atoms with Gasteiger partial charge < -0.3 is 4.74 Å². The molecule has 8 heteroatoms. The maximum atomic E-state index is 12.3. The van der Waals surface area contributed by atoms with Gasteiger partial charge in [0.2, 0.25) is 0 Å². The van der Waals surface area contributed by atoms with Gasteiger partial charge in [0.1, 0.15) is 11.5 Å². The minimum absolute atomic E-state index is 0.000906. The standard InChI is InChI=1S/C16H15NO5S2/c18-15(8-7-12-4-3-11-23-12)22-10-9-17-16(19)13-5-1-2-6-14(13)24(17,20)21/h1-6,11H,7-10H2. The molecule has 1 aliphatic heterocycles. The molecule has 0 N–H and O–H groups in total. The third-order valence-electron chi connectivity index (χ3n) is 3.63. The monoisotopic (exact) mass is 365 g/mol. The molecular formula is C16H15NO5S2. The summed E-state index contributed by atoms with van der Waals surface area (Å²) in [7, 11) is -3.85. The molecule has 126 valence electrons. The second kappa shape index (κ2) is 6.74. The minimum atomic E-state index is -3.85. The zero-order chi connectivity index (χ0) is 17.2. The maximum Gasteiger partial charge on any atom is 0.306 e. The Bertz CT molecular complexity index is 858. The van der Waals surface area contributed by atoms with Crippen molar-refractivity contribution >= 4 is 33.2 Å². The van der Waals surface area contributed by atoms with Crippen LogP contribution in [-0.2, 0) is 26.0 Å². The number of aryl methyl sites for hydroxylation is 1. The number of carbonyl (C=O) groups is 2. The van der Waals surface area contributed by atoms with Crippen molar-refractivity contribution in [1.29, 1.82) is 0 Å². The topological polar surface area (TPSA) is 80.8 Å². The van der Waals surface area contributed by atoms with E-state index in [-0.39, 0.29) is 30.0 Å². The average Bonchev–Trinajstić information content (AvgIpc) is 3.15. The number of hydrogen-bond donors (Lipinski definition) is 0. The molecular weight excluding hydrogens is 350 g/mol. The second-order valence-corrected chi connectivity index (χ2v) is 8.04. The van der Waals surface area contributed by atoms with E-state index in [1.807, 2.05) is 17.5 Å².